The van der Waals surface area contributed by atoms with Crippen LogP contribution in [0.2, 0.25) is 0 Å². The molecule has 4 nitrogen and oxygen atoms in total. The van der Waals surface area contributed by atoms with Gasteiger partial charge < -0.3 is 10.5 Å². The normalized spacial score (nSPS) is 11.4. The van der Waals surface area contributed by atoms with Gasteiger partial charge in [-0.25, -0.2) is 12.8 Å². The summed E-state index contributed by atoms with van der Waals surface area (Å²) in [4.78, 5) is 0. The molecule has 0 aliphatic carbocycles. The second-order valence-corrected chi connectivity index (χ2v) is 5.74. The molecule has 0 aliphatic heterocycles. The number of ether oxygens (including phenoxy) is 1. The van der Waals surface area contributed by atoms with Crippen LogP contribution in [0.4, 0.5) is 10.1 Å². The number of nitrogens with two attached hydrogens (primary N) is 1. The van der Waals surface area contributed by atoms with Gasteiger partial charge in [0.1, 0.15) is 18.2 Å². The fourth-order valence-corrected chi connectivity index (χ4v) is 1.65. The quantitative estimate of drug-likeness (QED) is 0.794. The maximum absolute atomic E-state index is 13.0. The largest absolute Gasteiger partial charge is 0.492 e. The maximum Gasteiger partial charge on any atom is 0.153 e. The molecule has 1 rings (SSSR count). The summed E-state index contributed by atoms with van der Waals surface area (Å²) >= 11 is 0. The SMILES string of the molecule is CCS(=O)(=O)CCOc1ccc(N)c(F)c1. The highest BCUT2D eigenvalue weighted by molar-refractivity contribution is 7.91. The first kappa shape index (κ1) is 12.8. The van der Waals surface area contributed by atoms with Crippen molar-refractivity contribution in [3.63, 3.8) is 0 Å². The van der Waals surface area contributed by atoms with Crippen molar-refractivity contribution < 1.29 is 17.5 Å². The molecule has 6 heteroatoms. The van der Waals surface area contributed by atoms with Crippen molar-refractivity contribution in [1.82, 2.24) is 0 Å². The Labute approximate surface area is 94.1 Å². The average molecular weight is 247 g/mol. The Morgan fingerprint density at radius 2 is 2.12 bits per heavy atom. The number of hydrogen-bond acceptors (Lipinski definition) is 4. The van der Waals surface area contributed by atoms with Crippen molar-refractivity contribution in [2.75, 3.05) is 23.8 Å². The Morgan fingerprint density at radius 1 is 1.44 bits per heavy atom. The molecule has 0 bridgehead atoms. The third kappa shape index (κ3) is 3.69. The zero-order chi connectivity index (χ0) is 12.2. The van der Waals surface area contributed by atoms with E-state index in [0.717, 1.165) is 6.07 Å². The molecule has 0 aromatic heterocycles. The van der Waals surface area contributed by atoms with Crippen LogP contribution in [0.25, 0.3) is 0 Å². The van der Waals surface area contributed by atoms with Crippen molar-refractivity contribution in [3.8, 4) is 5.75 Å². The molecule has 0 saturated carbocycles. The van der Waals surface area contributed by atoms with Gasteiger partial charge in [-0.05, 0) is 12.1 Å². The molecular weight excluding hydrogens is 233 g/mol. The second-order valence-electron chi connectivity index (χ2n) is 3.27. The lowest BCUT2D eigenvalue weighted by atomic mass is 10.3. The predicted octanol–water partition coefficient (Wildman–Crippen LogP) is 1.22. The summed E-state index contributed by atoms with van der Waals surface area (Å²) in [6, 6.07) is 4.00. The van der Waals surface area contributed by atoms with Crippen LogP contribution in [0.15, 0.2) is 18.2 Å². The molecule has 1 aromatic rings. The van der Waals surface area contributed by atoms with Crippen LogP contribution in [0.1, 0.15) is 6.92 Å². The van der Waals surface area contributed by atoms with E-state index in [4.69, 9.17) is 10.5 Å². The third-order valence-corrected chi connectivity index (χ3v) is 3.74. The first-order valence-corrected chi connectivity index (χ1v) is 6.65. The van der Waals surface area contributed by atoms with Gasteiger partial charge in [-0.1, -0.05) is 6.92 Å². The van der Waals surface area contributed by atoms with Gasteiger partial charge in [0.2, 0.25) is 0 Å². The van der Waals surface area contributed by atoms with Crippen LogP contribution in [-0.4, -0.2) is 26.5 Å². The standard InChI is InChI=1S/C10H14FNO3S/c1-2-16(13,14)6-5-15-8-3-4-10(12)9(11)7-8/h3-4,7H,2,5-6,12H2,1H3. The Bertz CT molecular complexity index is 459. The molecule has 0 radical (unpaired) electrons. The first-order chi connectivity index (χ1) is 7.44. The van der Waals surface area contributed by atoms with Gasteiger partial charge in [-0.2, -0.15) is 0 Å². The molecule has 16 heavy (non-hydrogen) atoms. The molecule has 0 fully saturated rings. The average Bonchev–Trinajstić information content (AvgIpc) is 2.23. The van der Waals surface area contributed by atoms with Crippen molar-refractivity contribution in [3.05, 3.63) is 24.0 Å². The number of rotatable bonds is 5. The van der Waals surface area contributed by atoms with Crippen LogP contribution in [0.5, 0.6) is 5.75 Å². The summed E-state index contributed by atoms with van der Waals surface area (Å²) in [6.07, 6.45) is 0. The van der Waals surface area contributed by atoms with Gasteiger partial charge in [0.05, 0.1) is 11.4 Å². The van der Waals surface area contributed by atoms with E-state index in [9.17, 15) is 12.8 Å². The van der Waals surface area contributed by atoms with E-state index in [1.807, 2.05) is 0 Å². The number of hydrogen-bond donors (Lipinski definition) is 1. The molecule has 0 amide bonds. The summed E-state index contributed by atoms with van der Waals surface area (Å²) < 4.78 is 40.4. The van der Waals surface area contributed by atoms with Crippen LogP contribution < -0.4 is 10.5 Å². The smallest absolute Gasteiger partial charge is 0.153 e. The van der Waals surface area contributed by atoms with Gasteiger partial charge in [0, 0.05) is 11.8 Å². The number of benzene rings is 1. The first-order valence-electron chi connectivity index (χ1n) is 4.83. The van der Waals surface area contributed by atoms with E-state index in [0.29, 0.717) is 0 Å². The van der Waals surface area contributed by atoms with Gasteiger partial charge in [0.15, 0.2) is 9.84 Å². The zero-order valence-electron chi connectivity index (χ0n) is 8.94. The molecule has 0 unspecified atom stereocenters. The van der Waals surface area contributed by atoms with Gasteiger partial charge in [-0.15, -0.1) is 0 Å². The van der Waals surface area contributed by atoms with Crippen LogP contribution in [0.3, 0.4) is 0 Å². The van der Waals surface area contributed by atoms with Gasteiger partial charge in [0.25, 0.3) is 0 Å². The minimum Gasteiger partial charge on any atom is -0.492 e. The molecular formula is C10H14FNO3S. The van der Waals surface area contributed by atoms with E-state index in [-0.39, 0.29) is 29.5 Å². The number of nitrogen functional groups attached to an aromatic ring is 1. The summed E-state index contributed by atoms with van der Waals surface area (Å²) in [5.41, 5.74) is 5.32. The van der Waals surface area contributed by atoms with Crippen LogP contribution in [0, 0.1) is 5.82 Å². The lowest BCUT2D eigenvalue weighted by Gasteiger charge is -2.06. The van der Waals surface area contributed by atoms with E-state index >= 15 is 0 Å². The topological polar surface area (TPSA) is 69.4 Å². The third-order valence-electron chi connectivity index (χ3n) is 2.07. The lowest BCUT2D eigenvalue weighted by Crippen LogP contribution is -2.15. The maximum atomic E-state index is 13.0. The Morgan fingerprint density at radius 3 is 2.69 bits per heavy atom. The fraction of sp³-hybridized carbons (Fsp3) is 0.400. The molecule has 0 heterocycles. The Kier molecular flexibility index (Phi) is 4.12. The molecule has 0 aliphatic rings. The van der Waals surface area contributed by atoms with E-state index in [2.05, 4.69) is 0 Å². The monoisotopic (exact) mass is 247 g/mol. The molecule has 0 atom stereocenters. The molecule has 0 spiro atoms. The lowest BCUT2D eigenvalue weighted by molar-refractivity contribution is 0.339. The highest BCUT2D eigenvalue weighted by Gasteiger charge is 2.07. The van der Waals surface area contributed by atoms with Crippen LogP contribution >= 0.6 is 0 Å². The molecule has 1 aromatic carbocycles. The predicted molar refractivity (Wildman–Crippen MR) is 60.6 cm³/mol. The fourth-order valence-electron chi connectivity index (χ4n) is 1.03. The van der Waals surface area contributed by atoms with Crippen molar-refractivity contribution in [2.45, 2.75) is 6.92 Å². The highest BCUT2D eigenvalue weighted by Crippen LogP contribution is 2.17. The van der Waals surface area contributed by atoms with E-state index in [1.54, 1.807) is 6.92 Å². The molecule has 0 saturated heterocycles. The Balaban J connectivity index is 2.53. The number of sulfone groups is 1. The van der Waals surface area contributed by atoms with Crippen molar-refractivity contribution >= 4 is 15.5 Å². The highest BCUT2D eigenvalue weighted by atomic mass is 32.2. The minimum absolute atomic E-state index is 0.0134. The van der Waals surface area contributed by atoms with Gasteiger partial charge in [-0.3, -0.25) is 0 Å². The summed E-state index contributed by atoms with van der Waals surface area (Å²) in [7, 11) is -3.05. The van der Waals surface area contributed by atoms with Crippen LogP contribution in [-0.2, 0) is 9.84 Å². The summed E-state index contributed by atoms with van der Waals surface area (Å²) in [6.45, 7) is 1.58. The summed E-state index contributed by atoms with van der Waals surface area (Å²) in [5.74, 6) is -0.295. The van der Waals surface area contributed by atoms with E-state index < -0.39 is 15.7 Å². The van der Waals surface area contributed by atoms with Gasteiger partial charge >= 0.3 is 0 Å². The molecule has 90 valence electrons. The van der Waals surface area contributed by atoms with E-state index in [1.165, 1.54) is 12.1 Å². The number of anilines is 1. The van der Waals surface area contributed by atoms with Crippen molar-refractivity contribution in [1.29, 1.82) is 0 Å². The second kappa shape index (κ2) is 5.16. The number of halogens is 1. The Hall–Kier alpha value is -1.30. The minimum atomic E-state index is -3.05. The van der Waals surface area contributed by atoms with Crippen molar-refractivity contribution in [2.24, 2.45) is 0 Å². The zero-order valence-corrected chi connectivity index (χ0v) is 9.76. The summed E-state index contributed by atoms with van der Waals surface area (Å²) in [5, 5.41) is 0. The molecule has 2 N–H and O–H groups in total.